The number of pyridine rings is 1. The first-order valence-electron chi connectivity index (χ1n) is 9.82. The zero-order valence-electron chi connectivity index (χ0n) is 16.3. The number of carbonyl (C=O) groups is 1. The third kappa shape index (κ3) is 3.22. The van der Waals surface area contributed by atoms with Gasteiger partial charge in [0.05, 0.1) is 22.3 Å². The van der Waals surface area contributed by atoms with Gasteiger partial charge < -0.3 is 4.90 Å². The summed E-state index contributed by atoms with van der Waals surface area (Å²) in [7, 11) is 0. The fraction of sp³-hybridized carbons (Fsp3) is 0.409. The zero-order valence-corrected chi connectivity index (χ0v) is 16.3. The third-order valence-electron chi connectivity index (χ3n) is 5.40. The van der Waals surface area contributed by atoms with Gasteiger partial charge in [0.2, 0.25) is 0 Å². The summed E-state index contributed by atoms with van der Waals surface area (Å²) >= 11 is 0. The van der Waals surface area contributed by atoms with Crippen LogP contribution in [-0.4, -0.2) is 38.7 Å². The molecule has 1 fully saturated rings. The maximum atomic E-state index is 13.4. The van der Waals surface area contributed by atoms with E-state index in [2.05, 4.69) is 13.8 Å². The third-order valence-corrected chi connectivity index (χ3v) is 5.40. The molecule has 1 saturated heterocycles. The van der Waals surface area contributed by atoms with E-state index in [9.17, 15) is 4.79 Å². The smallest absolute Gasteiger partial charge is 0.254 e. The molecule has 5 heteroatoms. The van der Waals surface area contributed by atoms with Crippen LogP contribution < -0.4 is 0 Å². The van der Waals surface area contributed by atoms with Crippen molar-refractivity contribution < 1.29 is 4.79 Å². The van der Waals surface area contributed by atoms with Gasteiger partial charge in [0, 0.05) is 18.8 Å². The number of carbonyl (C=O) groups excluding carboxylic acids is 1. The van der Waals surface area contributed by atoms with E-state index in [-0.39, 0.29) is 5.91 Å². The molecule has 5 nitrogen and oxygen atoms in total. The van der Waals surface area contributed by atoms with Gasteiger partial charge in [0.15, 0.2) is 5.65 Å². The molecule has 27 heavy (non-hydrogen) atoms. The Bertz CT molecular complexity index is 977. The Morgan fingerprint density at radius 3 is 2.74 bits per heavy atom. The van der Waals surface area contributed by atoms with Crippen LogP contribution in [0, 0.1) is 12.8 Å². The van der Waals surface area contributed by atoms with E-state index in [0.717, 1.165) is 59.6 Å². The number of nitrogens with zero attached hydrogens (tertiary/aromatic N) is 4. The van der Waals surface area contributed by atoms with Crippen molar-refractivity contribution in [1.82, 2.24) is 19.7 Å². The molecule has 1 aliphatic rings. The normalized spacial score (nSPS) is 17.4. The zero-order chi connectivity index (χ0) is 19.0. The molecule has 2 aromatic heterocycles. The minimum atomic E-state index is 0.111. The van der Waals surface area contributed by atoms with Gasteiger partial charge in [-0.1, -0.05) is 32.0 Å². The number of piperidine rings is 1. The molecule has 0 N–H and O–H groups in total. The maximum Gasteiger partial charge on any atom is 0.254 e. The van der Waals surface area contributed by atoms with Crippen LogP contribution in [0.5, 0.6) is 0 Å². The monoisotopic (exact) mass is 362 g/mol. The molecule has 0 saturated carbocycles. The number of fused-ring (bicyclic) bond motifs is 1. The van der Waals surface area contributed by atoms with E-state index in [1.54, 1.807) is 0 Å². The molecule has 1 atom stereocenters. The molecule has 0 radical (unpaired) electrons. The Morgan fingerprint density at radius 1 is 1.26 bits per heavy atom. The van der Waals surface area contributed by atoms with Gasteiger partial charge in [-0.15, -0.1) is 0 Å². The lowest BCUT2D eigenvalue weighted by atomic mass is 9.98. The van der Waals surface area contributed by atoms with Gasteiger partial charge in [0.1, 0.15) is 0 Å². The van der Waals surface area contributed by atoms with Crippen LogP contribution in [0.15, 0.2) is 36.4 Å². The quantitative estimate of drug-likeness (QED) is 0.703. The fourth-order valence-corrected chi connectivity index (χ4v) is 3.98. The molecule has 3 heterocycles. The van der Waals surface area contributed by atoms with E-state index < -0.39 is 0 Å². The molecular weight excluding hydrogens is 336 g/mol. The van der Waals surface area contributed by atoms with Crippen LogP contribution in [-0.2, 0) is 6.42 Å². The minimum absolute atomic E-state index is 0.111. The first-order valence-corrected chi connectivity index (χ1v) is 9.82. The Labute approximate surface area is 160 Å². The van der Waals surface area contributed by atoms with Gasteiger partial charge in [-0.2, -0.15) is 5.10 Å². The molecule has 1 amide bonds. The number of amides is 1. The topological polar surface area (TPSA) is 51.0 Å². The predicted octanol–water partition coefficient (Wildman–Crippen LogP) is 4.16. The van der Waals surface area contributed by atoms with Gasteiger partial charge >= 0.3 is 0 Å². The largest absolute Gasteiger partial charge is 0.338 e. The van der Waals surface area contributed by atoms with Crippen molar-refractivity contribution in [2.24, 2.45) is 5.92 Å². The molecular formula is C22H26N4O. The van der Waals surface area contributed by atoms with Crippen molar-refractivity contribution in [2.45, 2.75) is 40.0 Å². The van der Waals surface area contributed by atoms with Gasteiger partial charge in [-0.05, 0) is 50.3 Å². The summed E-state index contributed by atoms with van der Waals surface area (Å²) < 4.78 is 1.86. The van der Waals surface area contributed by atoms with Crippen LogP contribution >= 0.6 is 0 Å². The number of rotatable bonds is 3. The molecule has 4 rings (SSSR count). The maximum absolute atomic E-state index is 13.4. The van der Waals surface area contributed by atoms with Crippen molar-refractivity contribution in [3.63, 3.8) is 0 Å². The Balaban J connectivity index is 1.88. The van der Waals surface area contributed by atoms with Gasteiger partial charge in [-0.3, -0.25) is 4.79 Å². The van der Waals surface area contributed by atoms with Crippen LogP contribution in [0.3, 0.4) is 0 Å². The lowest BCUT2D eigenvalue weighted by Gasteiger charge is -2.31. The lowest BCUT2D eigenvalue weighted by molar-refractivity contribution is 0.0685. The van der Waals surface area contributed by atoms with Crippen LogP contribution in [0.1, 0.15) is 48.4 Å². The highest BCUT2D eigenvalue weighted by molar-refractivity contribution is 6.06. The fourth-order valence-electron chi connectivity index (χ4n) is 3.98. The second kappa shape index (κ2) is 7.14. The highest BCUT2D eigenvalue weighted by Gasteiger charge is 2.26. The lowest BCUT2D eigenvalue weighted by Crippen LogP contribution is -2.39. The standard InChI is InChI=1S/C22H26N4O/c1-4-17-13-19(22(27)25-12-8-9-15(2)14-25)20-16(3)24-26(21(20)23-17)18-10-6-5-7-11-18/h5-7,10-11,13,15H,4,8-9,12,14H2,1-3H3/t15-/m0/s1. The van der Waals surface area contributed by atoms with E-state index in [1.165, 1.54) is 6.42 Å². The Kier molecular flexibility index (Phi) is 4.68. The number of aromatic nitrogens is 3. The molecule has 0 bridgehead atoms. The molecule has 140 valence electrons. The van der Waals surface area contributed by atoms with Gasteiger partial charge in [0.25, 0.3) is 5.91 Å². The highest BCUT2D eigenvalue weighted by Crippen LogP contribution is 2.27. The van der Waals surface area contributed by atoms with Crippen molar-refractivity contribution in [3.05, 3.63) is 53.3 Å². The summed E-state index contributed by atoms with van der Waals surface area (Å²) in [6, 6.07) is 12.0. The molecule has 0 unspecified atom stereocenters. The van der Waals surface area contributed by atoms with E-state index >= 15 is 0 Å². The number of para-hydroxylation sites is 1. The molecule has 3 aromatic rings. The number of likely N-dealkylation sites (tertiary alicyclic amines) is 1. The number of hydrogen-bond acceptors (Lipinski definition) is 3. The second-order valence-corrected chi connectivity index (χ2v) is 7.54. The summed E-state index contributed by atoms with van der Waals surface area (Å²) in [5, 5.41) is 5.60. The second-order valence-electron chi connectivity index (χ2n) is 7.54. The minimum Gasteiger partial charge on any atom is -0.338 e. The van der Waals surface area contributed by atoms with E-state index in [4.69, 9.17) is 10.1 Å². The van der Waals surface area contributed by atoms with Crippen LogP contribution in [0.25, 0.3) is 16.7 Å². The van der Waals surface area contributed by atoms with E-state index in [1.807, 2.05) is 52.9 Å². The molecule has 0 spiro atoms. The summed E-state index contributed by atoms with van der Waals surface area (Å²) in [6.07, 6.45) is 3.05. The average molecular weight is 362 g/mol. The number of aryl methyl sites for hydroxylation is 2. The van der Waals surface area contributed by atoms with Crippen molar-refractivity contribution in [2.75, 3.05) is 13.1 Å². The van der Waals surface area contributed by atoms with Gasteiger partial charge in [-0.25, -0.2) is 9.67 Å². The number of hydrogen-bond donors (Lipinski definition) is 0. The SMILES string of the molecule is CCc1cc(C(=O)N2CCC[C@H](C)C2)c2c(C)nn(-c3ccccc3)c2n1. The summed E-state index contributed by atoms with van der Waals surface area (Å²) in [5.74, 6) is 0.665. The number of benzene rings is 1. The average Bonchev–Trinajstić information content (AvgIpc) is 3.04. The highest BCUT2D eigenvalue weighted by atomic mass is 16.2. The van der Waals surface area contributed by atoms with Crippen LogP contribution in [0.4, 0.5) is 0 Å². The first kappa shape index (κ1) is 17.7. The summed E-state index contributed by atoms with van der Waals surface area (Å²) in [6.45, 7) is 7.92. The Morgan fingerprint density at radius 2 is 2.04 bits per heavy atom. The van der Waals surface area contributed by atoms with Crippen molar-refractivity contribution in [3.8, 4) is 5.69 Å². The van der Waals surface area contributed by atoms with Crippen LogP contribution in [0.2, 0.25) is 0 Å². The van der Waals surface area contributed by atoms with Crippen molar-refractivity contribution >= 4 is 16.9 Å². The molecule has 1 aliphatic heterocycles. The molecule has 0 aliphatic carbocycles. The summed E-state index contributed by atoms with van der Waals surface area (Å²) in [4.78, 5) is 20.2. The summed E-state index contributed by atoms with van der Waals surface area (Å²) in [5.41, 5.74) is 4.24. The van der Waals surface area contributed by atoms with Crippen molar-refractivity contribution in [1.29, 1.82) is 0 Å². The Hall–Kier alpha value is -2.69. The molecule has 1 aromatic carbocycles. The predicted molar refractivity (Wildman–Crippen MR) is 107 cm³/mol. The van der Waals surface area contributed by atoms with E-state index in [0.29, 0.717) is 5.92 Å². The first-order chi connectivity index (χ1) is 13.1.